The molecule has 1 aliphatic rings. The predicted molar refractivity (Wildman–Crippen MR) is 124 cm³/mol. The van der Waals surface area contributed by atoms with Crippen LogP contribution in [-0.4, -0.2) is 38.7 Å². The van der Waals surface area contributed by atoms with Crippen LogP contribution in [0, 0.1) is 12.8 Å². The van der Waals surface area contributed by atoms with Crippen LogP contribution in [0.3, 0.4) is 0 Å². The zero-order valence-electron chi connectivity index (χ0n) is 17.9. The number of carbonyl (C=O) groups is 1. The van der Waals surface area contributed by atoms with Crippen LogP contribution in [-0.2, 0) is 17.8 Å². The van der Waals surface area contributed by atoms with E-state index in [4.69, 9.17) is 0 Å². The molecule has 5 nitrogen and oxygen atoms in total. The van der Waals surface area contributed by atoms with E-state index in [-0.39, 0.29) is 5.91 Å². The van der Waals surface area contributed by atoms with Crippen molar-refractivity contribution in [3.05, 3.63) is 78.2 Å². The molecule has 0 unspecified atom stereocenters. The molecule has 158 valence electrons. The second-order valence-corrected chi connectivity index (χ2v) is 8.64. The number of aromatic nitrogens is 3. The van der Waals surface area contributed by atoms with E-state index in [1.54, 1.807) is 0 Å². The molecule has 1 aliphatic heterocycles. The van der Waals surface area contributed by atoms with Crippen LogP contribution >= 0.6 is 0 Å². The maximum Gasteiger partial charge on any atom is 0.226 e. The molecule has 0 radical (unpaired) electrons. The molecule has 4 aromatic rings. The van der Waals surface area contributed by atoms with E-state index in [9.17, 15) is 4.79 Å². The van der Waals surface area contributed by atoms with Crippen molar-refractivity contribution in [3.63, 3.8) is 0 Å². The Labute approximate surface area is 182 Å². The molecule has 0 saturated carbocycles. The summed E-state index contributed by atoms with van der Waals surface area (Å²) in [6.07, 6.45) is 6.42. The number of amides is 1. The lowest BCUT2D eigenvalue weighted by atomic mass is 9.96. The molecule has 0 aliphatic carbocycles. The molecule has 2 aromatic heterocycles. The number of hydrogen-bond acceptors (Lipinski definition) is 2. The molecule has 3 heterocycles. The van der Waals surface area contributed by atoms with E-state index >= 15 is 0 Å². The quantitative estimate of drug-likeness (QED) is 0.511. The summed E-state index contributed by atoms with van der Waals surface area (Å²) >= 11 is 0. The standard InChI is InChI=1S/C26H28N4O/c1-19-13-23-15-22(24-16-27-28-17-24)7-8-25(23)30(19)18-21-9-11-29(12-10-21)26(31)14-20-5-3-2-4-6-20/h2-8,13,15-17,21H,9-12,14,18H2,1H3,(H,27,28). The number of aryl methyl sites for hydroxylation is 1. The molecule has 0 atom stereocenters. The number of piperidine rings is 1. The van der Waals surface area contributed by atoms with E-state index in [1.807, 2.05) is 47.6 Å². The summed E-state index contributed by atoms with van der Waals surface area (Å²) < 4.78 is 2.45. The number of likely N-dealkylation sites (tertiary alicyclic amines) is 1. The third-order valence-electron chi connectivity index (χ3n) is 6.55. The Morgan fingerprint density at radius 3 is 2.61 bits per heavy atom. The Bertz CT molecular complexity index is 1170. The first-order chi connectivity index (χ1) is 15.2. The number of nitrogens with one attached hydrogen (secondary N) is 1. The zero-order chi connectivity index (χ0) is 21.2. The van der Waals surface area contributed by atoms with Crippen LogP contribution in [0.25, 0.3) is 22.0 Å². The number of rotatable bonds is 5. The third-order valence-corrected chi connectivity index (χ3v) is 6.55. The monoisotopic (exact) mass is 412 g/mol. The van der Waals surface area contributed by atoms with Crippen molar-refractivity contribution in [2.24, 2.45) is 5.92 Å². The Morgan fingerprint density at radius 1 is 1.06 bits per heavy atom. The average molecular weight is 413 g/mol. The molecule has 0 bridgehead atoms. The summed E-state index contributed by atoms with van der Waals surface area (Å²) in [5, 5.41) is 8.22. The fourth-order valence-electron chi connectivity index (χ4n) is 4.74. The zero-order valence-corrected chi connectivity index (χ0v) is 17.9. The van der Waals surface area contributed by atoms with Gasteiger partial charge in [-0.1, -0.05) is 36.4 Å². The third kappa shape index (κ3) is 4.13. The molecule has 1 fully saturated rings. The summed E-state index contributed by atoms with van der Waals surface area (Å²) in [7, 11) is 0. The number of fused-ring (bicyclic) bond motifs is 1. The lowest BCUT2D eigenvalue weighted by molar-refractivity contribution is -0.131. The van der Waals surface area contributed by atoms with Gasteiger partial charge in [0, 0.05) is 48.0 Å². The van der Waals surface area contributed by atoms with Gasteiger partial charge in [0.1, 0.15) is 0 Å². The minimum absolute atomic E-state index is 0.249. The SMILES string of the molecule is Cc1cc2cc(-c3cn[nH]c3)ccc2n1CC1CCN(C(=O)Cc2ccccc2)CC1. The van der Waals surface area contributed by atoms with Crippen molar-refractivity contribution in [2.75, 3.05) is 13.1 Å². The summed E-state index contributed by atoms with van der Waals surface area (Å²) in [5.74, 6) is 0.850. The highest BCUT2D eigenvalue weighted by Crippen LogP contribution is 2.29. The fraction of sp³-hybridized carbons (Fsp3) is 0.308. The Balaban J connectivity index is 1.24. The van der Waals surface area contributed by atoms with Crippen LogP contribution in [0.4, 0.5) is 0 Å². The van der Waals surface area contributed by atoms with Crippen molar-refractivity contribution in [1.82, 2.24) is 19.7 Å². The van der Waals surface area contributed by atoms with Gasteiger partial charge < -0.3 is 9.47 Å². The fourth-order valence-corrected chi connectivity index (χ4v) is 4.74. The highest BCUT2D eigenvalue weighted by molar-refractivity contribution is 5.86. The van der Waals surface area contributed by atoms with Gasteiger partial charge in [0.15, 0.2) is 0 Å². The van der Waals surface area contributed by atoms with Gasteiger partial charge in [0.2, 0.25) is 5.91 Å². The molecule has 1 N–H and O–H groups in total. The van der Waals surface area contributed by atoms with Gasteiger partial charge >= 0.3 is 0 Å². The van der Waals surface area contributed by atoms with E-state index in [1.165, 1.54) is 22.2 Å². The van der Waals surface area contributed by atoms with Gasteiger partial charge in [-0.05, 0) is 55.0 Å². The van der Waals surface area contributed by atoms with Crippen LogP contribution in [0.5, 0.6) is 0 Å². The number of benzene rings is 2. The van der Waals surface area contributed by atoms with Crippen LogP contribution in [0.1, 0.15) is 24.1 Å². The van der Waals surface area contributed by atoms with Crippen molar-refractivity contribution in [1.29, 1.82) is 0 Å². The van der Waals surface area contributed by atoms with E-state index in [0.29, 0.717) is 12.3 Å². The average Bonchev–Trinajstić information content (AvgIpc) is 3.43. The molecule has 5 rings (SSSR count). The number of hydrogen-bond donors (Lipinski definition) is 1. The smallest absolute Gasteiger partial charge is 0.226 e. The summed E-state index contributed by atoms with van der Waals surface area (Å²) in [6.45, 7) is 4.93. The highest BCUT2D eigenvalue weighted by Gasteiger charge is 2.24. The molecule has 0 spiro atoms. The number of carbonyl (C=O) groups excluding carboxylic acids is 1. The number of H-pyrrole nitrogens is 1. The molecule has 2 aromatic carbocycles. The lowest BCUT2D eigenvalue weighted by Crippen LogP contribution is -2.40. The number of aromatic amines is 1. The van der Waals surface area contributed by atoms with Gasteiger partial charge in [-0.25, -0.2) is 0 Å². The first-order valence-electron chi connectivity index (χ1n) is 11.1. The van der Waals surface area contributed by atoms with Crippen LogP contribution < -0.4 is 0 Å². The van der Waals surface area contributed by atoms with Crippen LogP contribution in [0.15, 0.2) is 67.0 Å². The van der Waals surface area contributed by atoms with Gasteiger partial charge in [-0.3, -0.25) is 9.89 Å². The van der Waals surface area contributed by atoms with Gasteiger partial charge in [0.05, 0.1) is 12.6 Å². The van der Waals surface area contributed by atoms with Crippen molar-refractivity contribution >= 4 is 16.8 Å². The van der Waals surface area contributed by atoms with E-state index in [0.717, 1.165) is 43.6 Å². The Hall–Kier alpha value is -3.34. The molecule has 1 amide bonds. The Morgan fingerprint density at radius 2 is 1.87 bits per heavy atom. The second-order valence-electron chi connectivity index (χ2n) is 8.64. The summed E-state index contributed by atoms with van der Waals surface area (Å²) in [5.41, 5.74) is 5.97. The van der Waals surface area contributed by atoms with Gasteiger partial charge in [0.25, 0.3) is 0 Å². The highest BCUT2D eigenvalue weighted by atomic mass is 16.2. The van der Waals surface area contributed by atoms with Gasteiger partial charge in [-0.15, -0.1) is 0 Å². The molecule has 31 heavy (non-hydrogen) atoms. The van der Waals surface area contributed by atoms with Gasteiger partial charge in [-0.2, -0.15) is 5.10 Å². The minimum Gasteiger partial charge on any atom is -0.345 e. The molecule has 5 heteroatoms. The number of nitrogens with zero attached hydrogens (tertiary/aromatic N) is 3. The van der Waals surface area contributed by atoms with Crippen LogP contribution in [0.2, 0.25) is 0 Å². The van der Waals surface area contributed by atoms with Crippen molar-refractivity contribution in [3.8, 4) is 11.1 Å². The molecular formula is C26H28N4O. The Kier molecular flexibility index (Phi) is 5.33. The van der Waals surface area contributed by atoms with E-state index < -0.39 is 0 Å². The summed E-state index contributed by atoms with van der Waals surface area (Å²) in [4.78, 5) is 14.7. The lowest BCUT2D eigenvalue weighted by Gasteiger charge is -2.32. The topological polar surface area (TPSA) is 53.9 Å². The first kappa shape index (κ1) is 19.6. The normalized spacial score (nSPS) is 14.9. The largest absolute Gasteiger partial charge is 0.345 e. The molecule has 1 saturated heterocycles. The van der Waals surface area contributed by atoms with E-state index in [2.05, 4.69) is 46.0 Å². The summed E-state index contributed by atoms with van der Waals surface area (Å²) in [6, 6.07) is 19.0. The second kappa shape index (κ2) is 8.42. The minimum atomic E-state index is 0.249. The molecular weight excluding hydrogens is 384 g/mol. The predicted octanol–water partition coefficient (Wildman–Crippen LogP) is 4.82. The maximum atomic E-state index is 12.7. The van der Waals surface area contributed by atoms with Crippen molar-refractivity contribution < 1.29 is 4.79 Å². The maximum absolute atomic E-state index is 12.7. The first-order valence-corrected chi connectivity index (χ1v) is 11.1. The van der Waals surface area contributed by atoms with Crippen molar-refractivity contribution in [2.45, 2.75) is 32.7 Å².